The summed E-state index contributed by atoms with van der Waals surface area (Å²) in [5.41, 5.74) is 1.37. The van der Waals surface area contributed by atoms with Crippen LogP contribution in [0, 0.1) is 5.92 Å². The van der Waals surface area contributed by atoms with E-state index in [1.165, 1.54) is 6.39 Å². The molecular formula is C15H17N3O3. The highest BCUT2D eigenvalue weighted by Gasteiger charge is 2.31. The van der Waals surface area contributed by atoms with Crippen molar-refractivity contribution in [2.24, 2.45) is 5.92 Å². The van der Waals surface area contributed by atoms with Gasteiger partial charge in [0.25, 0.3) is 5.91 Å². The van der Waals surface area contributed by atoms with Gasteiger partial charge in [-0.1, -0.05) is 17.3 Å². The average molecular weight is 287 g/mol. The van der Waals surface area contributed by atoms with Crippen LogP contribution >= 0.6 is 0 Å². The number of likely N-dealkylation sites (N-methyl/N-ethyl adjacent to an activating group) is 1. The molecule has 0 bridgehead atoms. The predicted molar refractivity (Wildman–Crippen MR) is 75.4 cm³/mol. The molecule has 2 aromatic rings. The maximum absolute atomic E-state index is 12.3. The fourth-order valence-corrected chi connectivity index (χ4v) is 2.27. The minimum atomic E-state index is -0.419. The Morgan fingerprint density at radius 3 is 2.71 bits per heavy atom. The molecule has 1 amide bonds. The highest BCUT2D eigenvalue weighted by molar-refractivity contribution is 5.94. The Balaban J connectivity index is 1.66. The van der Waals surface area contributed by atoms with Gasteiger partial charge in [-0.25, -0.2) is 0 Å². The Labute approximate surface area is 122 Å². The van der Waals surface area contributed by atoms with Gasteiger partial charge in [0, 0.05) is 24.7 Å². The van der Waals surface area contributed by atoms with Gasteiger partial charge in [0.15, 0.2) is 0 Å². The molecule has 1 N–H and O–H groups in total. The van der Waals surface area contributed by atoms with Crippen molar-refractivity contribution in [1.29, 1.82) is 0 Å². The first kappa shape index (κ1) is 13.8. The van der Waals surface area contributed by atoms with E-state index in [9.17, 15) is 9.90 Å². The number of aromatic nitrogens is 2. The Morgan fingerprint density at radius 1 is 1.43 bits per heavy atom. The third-order valence-corrected chi connectivity index (χ3v) is 3.73. The maximum atomic E-state index is 12.3. The van der Waals surface area contributed by atoms with Crippen molar-refractivity contribution in [2.75, 3.05) is 13.6 Å². The van der Waals surface area contributed by atoms with E-state index in [1.807, 2.05) is 0 Å². The highest BCUT2D eigenvalue weighted by Crippen LogP contribution is 2.32. The lowest BCUT2D eigenvalue weighted by atomic mass is 10.1. The van der Waals surface area contributed by atoms with Gasteiger partial charge in [0.1, 0.15) is 0 Å². The molecule has 3 rings (SSSR count). The Kier molecular flexibility index (Phi) is 3.70. The smallest absolute Gasteiger partial charge is 0.253 e. The van der Waals surface area contributed by atoms with E-state index in [0.717, 1.165) is 18.4 Å². The summed E-state index contributed by atoms with van der Waals surface area (Å²) >= 11 is 0. The molecule has 1 aromatic carbocycles. The van der Waals surface area contributed by atoms with Crippen LogP contribution < -0.4 is 0 Å². The fraction of sp³-hybridized carbons (Fsp3) is 0.400. The summed E-state index contributed by atoms with van der Waals surface area (Å²) < 4.78 is 4.69. The van der Waals surface area contributed by atoms with E-state index in [4.69, 9.17) is 4.52 Å². The Morgan fingerprint density at radius 2 is 2.14 bits per heavy atom. The number of rotatable bonds is 5. The zero-order chi connectivity index (χ0) is 14.8. The monoisotopic (exact) mass is 287 g/mol. The molecule has 1 aromatic heterocycles. The van der Waals surface area contributed by atoms with Crippen LogP contribution in [0.5, 0.6) is 0 Å². The van der Waals surface area contributed by atoms with Crippen molar-refractivity contribution in [1.82, 2.24) is 15.0 Å². The molecule has 6 nitrogen and oxygen atoms in total. The molecule has 1 atom stereocenters. The molecule has 21 heavy (non-hydrogen) atoms. The number of benzene rings is 1. The first-order chi connectivity index (χ1) is 10.1. The third-order valence-electron chi connectivity index (χ3n) is 3.73. The first-order valence-electron chi connectivity index (χ1n) is 6.95. The molecule has 1 aliphatic rings. The van der Waals surface area contributed by atoms with E-state index in [-0.39, 0.29) is 5.91 Å². The van der Waals surface area contributed by atoms with Gasteiger partial charge >= 0.3 is 0 Å². The molecule has 110 valence electrons. The number of hydrogen-bond donors (Lipinski definition) is 1. The normalized spacial score (nSPS) is 15.7. The van der Waals surface area contributed by atoms with Crippen molar-refractivity contribution >= 4 is 5.91 Å². The molecule has 6 heteroatoms. The summed E-state index contributed by atoms with van der Waals surface area (Å²) in [6.45, 7) is 0.371. The largest absolute Gasteiger partial charge is 0.391 e. The van der Waals surface area contributed by atoms with E-state index in [0.29, 0.717) is 23.9 Å². The molecule has 0 spiro atoms. The second-order valence-corrected chi connectivity index (χ2v) is 5.42. The quantitative estimate of drug-likeness (QED) is 0.903. The fourth-order valence-electron chi connectivity index (χ4n) is 2.27. The van der Waals surface area contributed by atoms with Gasteiger partial charge < -0.3 is 14.5 Å². The summed E-state index contributed by atoms with van der Waals surface area (Å²) in [6.07, 6.45) is 2.96. The maximum Gasteiger partial charge on any atom is 0.253 e. The third kappa shape index (κ3) is 3.11. The van der Waals surface area contributed by atoms with Gasteiger partial charge in [-0.2, -0.15) is 4.98 Å². The van der Waals surface area contributed by atoms with E-state index in [2.05, 4.69) is 10.1 Å². The minimum absolute atomic E-state index is 0.102. The number of nitrogens with zero attached hydrogens (tertiary/aromatic N) is 3. The van der Waals surface area contributed by atoms with Crippen LogP contribution in [0.15, 0.2) is 35.2 Å². The standard InChI is InChI=1S/C15H17N3O3/c1-18(8-13(19)10-2-3-10)15(20)12-6-4-11(5-7-12)14-16-9-21-17-14/h4-7,9-10,13,19H,2-3,8H2,1H3. The molecule has 0 aliphatic heterocycles. The van der Waals surface area contributed by atoms with Crippen LogP contribution in [0.3, 0.4) is 0 Å². The van der Waals surface area contributed by atoms with Gasteiger partial charge in [0.05, 0.1) is 6.10 Å². The SMILES string of the molecule is CN(CC(O)C1CC1)C(=O)c1ccc(-c2ncon2)cc1. The number of amides is 1. The zero-order valence-electron chi connectivity index (χ0n) is 11.8. The second kappa shape index (κ2) is 5.65. The summed E-state index contributed by atoms with van der Waals surface area (Å²) in [6, 6.07) is 7.02. The minimum Gasteiger partial charge on any atom is -0.391 e. The predicted octanol–water partition coefficient (Wildman–Crippen LogP) is 1.58. The molecule has 1 saturated carbocycles. The van der Waals surface area contributed by atoms with Crippen molar-refractivity contribution in [3.8, 4) is 11.4 Å². The molecule has 1 unspecified atom stereocenters. The van der Waals surface area contributed by atoms with E-state index in [1.54, 1.807) is 36.2 Å². The van der Waals surface area contributed by atoms with E-state index < -0.39 is 6.10 Å². The van der Waals surface area contributed by atoms with Crippen LogP contribution in [-0.2, 0) is 0 Å². The summed E-state index contributed by atoms with van der Waals surface area (Å²) in [4.78, 5) is 17.8. The van der Waals surface area contributed by atoms with Gasteiger partial charge in [-0.3, -0.25) is 4.79 Å². The molecule has 0 radical (unpaired) electrons. The average Bonchev–Trinajstić information content (AvgIpc) is 3.22. The van der Waals surface area contributed by atoms with Crippen molar-refractivity contribution in [3.63, 3.8) is 0 Å². The first-order valence-corrected chi connectivity index (χ1v) is 6.95. The van der Waals surface area contributed by atoms with Crippen molar-refractivity contribution < 1.29 is 14.4 Å². The molecule has 1 heterocycles. The second-order valence-electron chi connectivity index (χ2n) is 5.42. The summed E-state index contributed by atoms with van der Waals surface area (Å²) in [5, 5.41) is 13.7. The van der Waals surface area contributed by atoms with Crippen LogP contribution in [-0.4, -0.2) is 45.8 Å². The molecule has 0 saturated heterocycles. The number of hydrogen-bond acceptors (Lipinski definition) is 5. The summed E-state index contributed by atoms with van der Waals surface area (Å²) in [5.74, 6) is 0.752. The molecule has 1 aliphatic carbocycles. The number of aliphatic hydroxyl groups is 1. The molecular weight excluding hydrogens is 270 g/mol. The lowest BCUT2D eigenvalue weighted by Gasteiger charge is -2.20. The van der Waals surface area contributed by atoms with Gasteiger partial charge in [-0.05, 0) is 30.9 Å². The van der Waals surface area contributed by atoms with E-state index >= 15 is 0 Å². The van der Waals surface area contributed by atoms with Gasteiger partial charge in [-0.15, -0.1) is 0 Å². The zero-order valence-corrected chi connectivity index (χ0v) is 11.8. The van der Waals surface area contributed by atoms with Crippen molar-refractivity contribution in [3.05, 3.63) is 36.2 Å². The lowest BCUT2D eigenvalue weighted by Crippen LogP contribution is -2.35. The Bertz CT molecular complexity index is 606. The Hall–Kier alpha value is -2.21. The number of carbonyl (C=O) groups excluding carboxylic acids is 1. The van der Waals surface area contributed by atoms with Crippen LogP contribution in [0.2, 0.25) is 0 Å². The number of carbonyl (C=O) groups is 1. The van der Waals surface area contributed by atoms with Crippen LogP contribution in [0.25, 0.3) is 11.4 Å². The lowest BCUT2D eigenvalue weighted by molar-refractivity contribution is 0.0645. The number of aliphatic hydroxyl groups excluding tert-OH is 1. The van der Waals surface area contributed by atoms with Gasteiger partial charge in [0.2, 0.25) is 12.2 Å². The van der Waals surface area contributed by atoms with Crippen LogP contribution in [0.4, 0.5) is 0 Å². The highest BCUT2D eigenvalue weighted by atomic mass is 16.5. The summed E-state index contributed by atoms with van der Waals surface area (Å²) in [7, 11) is 1.71. The van der Waals surface area contributed by atoms with Crippen LogP contribution in [0.1, 0.15) is 23.2 Å². The topological polar surface area (TPSA) is 79.5 Å². The van der Waals surface area contributed by atoms with Crippen molar-refractivity contribution in [2.45, 2.75) is 18.9 Å². The molecule has 1 fully saturated rings.